The molecular weight excluding hydrogens is 295 g/mol. The molecule has 0 spiro atoms. The Morgan fingerprint density at radius 2 is 2.05 bits per heavy atom. The van der Waals surface area contributed by atoms with Crippen molar-refractivity contribution in [2.75, 3.05) is 0 Å². The summed E-state index contributed by atoms with van der Waals surface area (Å²) in [7, 11) is 0. The molecule has 0 aliphatic rings. The number of halogens is 2. The first-order valence-corrected chi connectivity index (χ1v) is 7.50. The third kappa shape index (κ3) is 2.30. The lowest BCUT2D eigenvalue weighted by molar-refractivity contribution is 0.627. The topological polar surface area (TPSA) is 25.8 Å². The van der Waals surface area contributed by atoms with Crippen molar-refractivity contribution >= 4 is 33.2 Å². The zero-order valence-corrected chi connectivity index (χ0v) is 12.6. The summed E-state index contributed by atoms with van der Waals surface area (Å²) in [6, 6.07) is 6.61. The fraction of sp³-hybridized carbons (Fsp3) is 0.200. The summed E-state index contributed by atoms with van der Waals surface area (Å²) in [6.07, 6.45) is 0.947. The SMILES string of the molecule is CCc1cc2c(Cl)nc(-c3ccc(F)cc3C)nc2s1. The molecule has 0 bridgehead atoms. The number of thiophene rings is 1. The molecule has 0 fully saturated rings. The summed E-state index contributed by atoms with van der Waals surface area (Å²) < 4.78 is 13.2. The van der Waals surface area contributed by atoms with Crippen molar-refractivity contribution in [3.8, 4) is 11.4 Å². The van der Waals surface area contributed by atoms with E-state index in [1.165, 1.54) is 17.0 Å². The Balaban J connectivity index is 2.21. The summed E-state index contributed by atoms with van der Waals surface area (Å²) in [5.41, 5.74) is 1.61. The van der Waals surface area contributed by atoms with Crippen LogP contribution in [0.5, 0.6) is 0 Å². The van der Waals surface area contributed by atoms with Crippen LogP contribution in [0.2, 0.25) is 5.15 Å². The van der Waals surface area contributed by atoms with E-state index in [2.05, 4.69) is 16.9 Å². The average molecular weight is 307 g/mol. The molecule has 1 aromatic carbocycles. The number of fused-ring (bicyclic) bond motifs is 1. The van der Waals surface area contributed by atoms with Crippen LogP contribution < -0.4 is 0 Å². The highest BCUT2D eigenvalue weighted by Gasteiger charge is 2.12. The lowest BCUT2D eigenvalue weighted by atomic mass is 10.1. The number of aromatic nitrogens is 2. The largest absolute Gasteiger partial charge is 0.217 e. The molecule has 3 aromatic rings. The molecular formula is C15H12ClFN2S. The van der Waals surface area contributed by atoms with E-state index in [1.807, 2.05) is 13.0 Å². The predicted molar refractivity (Wildman–Crippen MR) is 81.9 cm³/mol. The van der Waals surface area contributed by atoms with Crippen molar-refractivity contribution in [2.45, 2.75) is 20.3 Å². The third-order valence-corrected chi connectivity index (χ3v) is 4.64. The quantitative estimate of drug-likeness (QED) is 0.621. The normalized spacial score (nSPS) is 11.2. The minimum atomic E-state index is -0.261. The minimum absolute atomic E-state index is 0.261. The maximum atomic E-state index is 13.2. The Labute approximate surface area is 125 Å². The van der Waals surface area contributed by atoms with Crippen molar-refractivity contribution in [3.63, 3.8) is 0 Å². The summed E-state index contributed by atoms with van der Waals surface area (Å²) in [6.45, 7) is 3.93. The van der Waals surface area contributed by atoms with Crippen molar-refractivity contribution < 1.29 is 4.39 Å². The number of rotatable bonds is 2. The van der Waals surface area contributed by atoms with E-state index in [-0.39, 0.29) is 5.82 Å². The smallest absolute Gasteiger partial charge is 0.162 e. The second kappa shape index (κ2) is 5.11. The zero-order valence-electron chi connectivity index (χ0n) is 11.1. The van der Waals surface area contributed by atoms with Crippen LogP contribution in [-0.4, -0.2) is 9.97 Å². The third-order valence-electron chi connectivity index (χ3n) is 3.18. The molecule has 0 atom stereocenters. The van der Waals surface area contributed by atoms with Gasteiger partial charge in [0.2, 0.25) is 0 Å². The van der Waals surface area contributed by atoms with Crippen LogP contribution in [0.1, 0.15) is 17.4 Å². The average Bonchev–Trinajstić information content (AvgIpc) is 2.82. The molecule has 20 heavy (non-hydrogen) atoms. The molecule has 2 heterocycles. The molecule has 102 valence electrons. The standard InChI is InChI=1S/C15H12ClFN2S/c1-3-10-7-12-13(16)18-14(19-15(12)20-10)11-5-4-9(17)6-8(11)2/h4-7H,3H2,1-2H3. The molecule has 2 nitrogen and oxygen atoms in total. The van der Waals surface area contributed by atoms with Gasteiger partial charge in [-0.25, -0.2) is 14.4 Å². The molecule has 0 aliphatic heterocycles. The summed E-state index contributed by atoms with van der Waals surface area (Å²) >= 11 is 7.87. The number of hydrogen-bond acceptors (Lipinski definition) is 3. The molecule has 0 amide bonds. The molecule has 0 radical (unpaired) electrons. The maximum absolute atomic E-state index is 13.2. The van der Waals surface area contributed by atoms with E-state index in [0.29, 0.717) is 11.0 Å². The molecule has 0 saturated heterocycles. The van der Waals surface area contributed by atoms with Crippen molar-refractivity contribution in [1.82, 2.24) is 9.97 Å². The first-order chi connectivity index (χ1) is 9.58. The molecule has 5 heteroatoms. The molecule has 0 aliphatic carbocycles. The molecule has 2 aromatic heterocycles. The van der Waals surface area contributed by atoms with Gasteiger partial charge in [0.15, 0.2) is 5.82 Å². The van der Waals surface area contributed by atoms with E-state index in [1.54, 1.807) is 17.4 Å². The summed E-state index contributed by atoms with van der Waals surface area (Å²) in [4.78, 5) is 11.0. The van der Waals surface area contributed by atoms with Crippen molar-refractivity contribution in [2.24, 2.45) is 0 Å². The number of nitrogens with zero attached hydrogens (tertiary/aromatic N) is 2. The first-order valence-electron chi connectivity index (χ1n) is 6.31. The van der Waals surface area contributed by atoms with Crippen molar-refractivity contribution in [3.05, 3.63) is 45.7 Å². The summed E-state index contributed by atoms with van der Waals surface area (Å²) in [5, 5.41) is 1.33. The van der Waals surface area contributed by atoms with Gasteiger partial charge in [-0.2, -0.15) is 0 Å². The van der Waals surface area contributed by atoms with Gasteiger partial charge in [0.05, 0.1) is 0 Å². The summed E-state index contributed by atoms with van der Waals surface area (Å²) in [5.74, 6) is 0.285. The van der Waals surface area contributed by atoms with Crippen LogP contribution in [0.4, 0.5) is 4.39 Å². The Morgan fingerprint density at radius 3 is 2.75 bits per heavy atom. The second-order valence-corrected chi connectivity index (χ2v) is 6.06. The van der Waals surface area contributed by atoms with Crippen LogP contribution >= 0.6 is 22.9 Å². The van der Waals surface area contributed by atoms with Crippen LogP contribution in [0, 0.1) is 12.7 Å². The Kier molecular flexibility index (Phi) is 3.44. The van der Waals surface area contributed by atoms with Gasteiger partial charge in [-0.3, -0.25) is 0 Å². The van der Waals surface area contributed by atoms with Crippen LogP contribution in [0.15, 0.2) is 24.3 Å². The highest BCUT2D eigenvalue weighted by atomic mass is 35.5. The lowest BCUT2D eigenvalue weighted by Crippen LogP contribution is -1.92. The highest BCUT2D eigenvalue weighted by Crippen LogP contribution is 2.32. The number of aryl methyl sites for hydroxylation is 2. The monoisotopic (exact) mass is 306 g/mol. The molecule has 0 unspecified atom stereocenters. The lowest BCUT2D eigenvalue weighted by Gasteiger charge is -2.05. The predicted octanol–water partition coefficient (Wildman–Crippen LogP) is 5.02. The number of hydrogen-bond donors (Lipinski definition) is 0. The van der Waals surface area contributed by atoms with Gasteiger partial charge in [-0.15, -0.1) is 11.3 Å². The molecule has 0 N–H and O–H groups in total. The van der Waals surface area contributed by atoms with Crippen molar-refractivity contribution in [1.29, 1.82) is 0 Å². The first kappa shape index (κ1) is 13.5. The molecule has 3 rings (SSSR count). The Bertz CT molecular complexity index is 798. The second-order valence-electron chi connectivity index (χ2n) is 4.58. The fourth-order valence-corrected chi connectivity index (χ4v) is 3.36. The van der Waals surface area contributed by atoms with E-state index in [9.17, 15) is 4.39 Å². The van der Waals surface area contributed by atoms with Gasteiger partial charge in [0.25, 0.3) is 0 Å². The zero-order chi connectivity index (χ0) is 14.3. The van der Waals surface area contributed by atoms with Crippen LogP contribution in [0.3, 0.4) is 0 Å². The minimum Gasteiger partial charge on any atom is -0.217 e. The number of benzene rings is 1. The van der Waals surface area contributed by atoms with Gasteiger partial charge in [-0.1, -0.05) is 18.5 Å². The van der Waals surface area contributed by atoms with E-state index >= 15 is 0 Å². The van der Waals surface area contributed by atoms with E-state index < -0.39 is 0 Å². The van der Waals surface area contributed by atoms with Gasteiger partial charge in [0, 0.05) is 15.8 Å². The highest BCUT2D eigenvalue weighted by molar-refractivity contribution is 7.18. The van der Waals surface area contributed by atoms with Crippen LogP contribution in [0.25, 0.3) is 21.6 Å². The fourth-order valence-electron chi connectivity index (χ4n) is 2.11. The van der Waals surface area contributed by atoms with Crippen LogP contribution in [-0.2, 0) is 6.42 Å². The molecule has 0 saturated carbocycles. The van der Waals surface area contributed by atoms with E-state index in [4.69, 9.17) is 11.6 Å². The van der Waals surface area contributed by atoms with Gasteiger partial charge in [-0.05, 0) is 43.2 Å². The van der Waals surface area contributed by atoms with Gasteiger partial charge in [0.1, 0.15) is 15.8 Å². The Hall–Kier alpha value is -1.52. The van der Waals surface area contributed by atoms with Gasteiger partial charge >= 0.3 is 0 Å². The maximum Gasteiger partial charge on any atom is 0.162 e. The van der Waals surface area contributed by atoms with E-state index in [0.717, 1.165) is 27.8 Å². The van der Waals surface area contributed by atoms with Gasteiger partial charge < -0.3 is 0 Å². The Morgan fingerprint density at radius 1 is 1.25 bits per heavy atom.